The SMILES string of the molecule is CCCNCc1ccc(OCc2c(F)cccc2F)cn1. The number of ether oxygens (including phenoxy) is 1. The van der Waals surface area contributed by atoms with Crippen LogP contribution in [-0.2, 0) is 13.2 Å². The van der Waals surface area contributed by atoms with E-state index in [-0.39, 0.29) is 12.2 Å². The first-order valence-electron chi connectivity index (χ1n) is 6.92. The molecule has 2 rings (SSSR count). The number of halogens is 2. The van der Waals surface area contributed by atoms with Gasteiger partial charge in [0.05, 0.1) is 17.5 Å². The number of rotatable bonds is 7. The number of benzene rings is 1. The molecule has 112 valence electrons. The monoisotopic (exact) mass is 292 g/mol. The van der Waals surface area contributed by atoms with E-state index in [0.717, 1.165) is 18.7 Å². The van der Waals surface area contributed by atoms with Gasteiger partial charge in [0.2, 0.25) is 0 Å². The van der Waals surface area contributed by atoms with Crippen LogP contribution in [0.3, 0.4) is 0 Å². The van der Waals surface area contributed by atoms with Crippen molar-refractivity contribution in [1.82, 2.24) is 10.3 Å². The summed E-state index contributed by atoms with van der Waals surface area (Å²) in [5.74, 6) is -0.733. The highest BCUT2D eigenvalue weighted by Gasteiger charge is 2.09. The molecular weight excluding hydrogens is 274 g/mol. The summed E-state index contributed by atoms with van der Waals surface area (Å²) < 4.78 is 32.3. The van der Waals surface area contributed by atoms with E-state index in [1.807, 2.05) is 6.07 Å². The molecule has 1 heterocycles. The summed E-state index contributed by atoms with van der Waals surface area (Å²) in [4.78, 5) is 4.23. The second kappa shape index (κ2) is 7.69. The van der Waals surface area contributed by atoms with E-state index in [2.05, 4.69) is 17.2 Å². The zero-order chi connectivity index (χ0) is 15.1. The molecule has 0 fully saturated rings. The first-order chi connectivity index (χ1) is 10.2. The average Bonchev–Trinajstić information content (AvgIpc) is 2.48. The van der Waals surface area contributed by atoms with Gasteiger partial charge in [0, 0.05) is 6.54 Å². The number of pyridine rings is 1. The van der Waals surface area contributed by atoms with Crippen molar-refractivity contribution in [3.63, 3.8) is 0 Å². The number of nitrogens with one attached hydrogen (secondary N) is 1. The van der Waals surface area contributed by atoms with E-state index < -0.39 is 11.6 Å². The number of hydrogen-bond acceptors (Lipinski definition) is 3. The summed E-state index contributed by atoms with van der Waals surface area (Å²) in [5.41, 5.74) is 0.819. The molecule has 21 heavy (non-hydrogen) atoms. The molecule has 0 spiro atoms. The van der Waals surface area contributed by atoms with Crippen LogP contribution in [-0.4, -0.2) is 11.5 Å². The highest BCUT2D eigenvalue weighted by molar-refractivity contribution is 5.23. The van der Waals surface area contributed by atoms with Crippen LogP contribution in [0.5, 0.6) is 5.75 Å². The molecule has 1 N–H and O–H groups in total. The molecule has 0 bridgehead atoms. The summed E-state index contributed by atoms with van der Waals surface area (Å²) in [5, 5.41) is 3.24. The molecule has 0 amide bonds. The minimum Gasteiger partial charge on any atom is -0.487 e. The molecule has 2 aromatic rings. The van der Waals surface area contributed by atoms with Gasteiger partial charge in [0.15, 0.2) is 0 Å². The Bertz CT molecular complexity index is 553. The smallest absolute Gasteiger partial charge is 0.138 e. The van der Waals surface area contributed by atoms with Crippen LogP contribution in [0, 0.1) is 11.6 Å². The van der Waals surface area contributed by atoms with E-state index in [9.17, 15) is 8.78 Å². The summed E-state index contributed by atoms with van der Waals surface area (Å²) in [7, 11) is 0. The Balaban J connectivity index is 1.92. The Labute approximate surface area is 123 Å². The molecule has 0 saturated carbocycles. The van der Waals surface area contributed by atoms with Gasteiger partial charge in [-0.15, -0.1) is 0 Å². The maximum atomic E-state index is 13.4. The Hall–Kier alpha value is -2.01. The molecule has 5 heteroatoms. The molecule has 0 radical (unpaired) electrons. The van der Waals surface area contributed by atoms with Crippen LogP contribution in [0.15, 0.2) is 36.5 Å². The van der Waals surface area contributed by atoms with Crippen molar-refractivity contribution in [3.05, 3.63) is 59.4 Å². The van der Waals surface area contributed by atoms with Gasteiger partial charge < -0.3 is 10.1 Å². The minimum atomic E-state index is -0.608. The molecular formula is C16H18F2N2O. The van der Waals surface area contributed by atoms with Gasteiger partial charge in [-0.25, -0.2) is 8.78 Å². The van der Waals surface area contributed by atoms with Gasteiger partial charge in [-0.2, -0.15) is 0 Å². The molecule has 0 aliphatic rings. The lowest BCUT2D eigenvalue weighted by Gasteiger charge is -2.08. The highest BCUT2D eigenvalue weighted by Crippen LogP contribution is 2.16. The topological polar surface area (TPSA) is 34.1 Å². The third-order valence-electron chi connectivity index (χ3n) is 2.98. The fourth-order valence-corrected chi connectivity index (χ4v) is 1.82. The fourth-order valence-electron chi connectivity index (χ4n) is 1.82. The number of hydrogen-bond donors (Lipinski definition) is 1. The zero-order valence-corrected chi connectivity index (χ0v) is 11.9. The van der Waals surface area contributed by atoms with E-state index in [0.29, 0.717) is 12.3 Å². The first kappa shape index (κ1) is 15.4. The largest absolute Gasteiger partial charge is 0.487 e. The van der Waals surface area contributed by atoms with Crippen molar-refractivity contribution < 1.29 is 13.5 Å². The standard InChI is InChI=1S/C16H18F2N2O/c1-2-8-19-9-12-6-7-13(10-20-12)21-11-14-15(17)4-3-5-16(14)18/h3-7,10,19H,2,8-9,11H2,1H3. The molecule has 0 saturated heterocycles. The first-order valence-corrected chi connectivity index (χ1v) is 6.92. The Morgan fingerprint density at radius 1 is 1.14 bits per heavy atom. The van der Waals surface area contributed by atoms with Crippen molar-refractivity contribution in [1.29, 1.82) is 0 Å². The van der Waals surface area contributed by atoms with E-state index in [4.69, 9.17) is 4.74 Å². The highest BCUT2D eigenvalue weighted by atomic mass is 19.1. The van der Waals surface area contributed by atoms with E-state index in [1.165, 1.54) is 18.2 Å². The lowest BCUT2D eigenvalue weighted by molar-refractivity contribution is 0.291. The quantitative estimate of drug-likeness (QED) is 0.794. The van der Waals surface area contributed by atoms with E-state index >= 15 is 0 Å². The summed E-state index contributed by atoms with van der Waals surface area (Å²) in [6, 6.07) is 7.32. The van der Waals surface area contributed by atoms with Crippen LogP contribution in [0.1, 0.15) is 24.6 Å². The molecule has 0 atom stereocenters. The lowest BCUT2D eigenvalue weighted by Crippen LogP contribution is -2.14. The molecule has 3 nitrogen and oxygen atoms in total. The zero-order valence-electron chi connectivity index (χ0n) is 11.9. The maximum Gasteiger partial charge on any atom is 0.138 e. The molecule has 0 aliphatic heterocycles. The van der Waals surface area contributed by atoms with Gasteiger partial charge >= 0.3 is 0 Å². The van der Waals surface area contributed by atoms with Crippen molar-refractivity contribution in [2.24, 2.45) is 0 Å². The van der Waals surface area contributed by atoms with Gasteiger partial charge in [0.25, 0.3) is 0 Å². The average molecular weight is 292 g/mol. The molecule has 1 aromatic carbocycles. The molecule has 1 aromatic heterocycles. The van der Waals surface area contributed by atoms with Crippen molar-refractivity contribution in [2.45, 2.75) is 26.5 Å². The summed E-state index contributed by atoms with van der Waals surface area (Å²) in [6.07, 6.45) is 2.62. The molecule has 0 unspecified atom stereocenters. The van der Waals surface area contributed by atoms with Crippen LogP contribution >= 0.6 is 0 Å². The normalized spacial score (nSPS) is 10.6. The maximum absolute atomic E-state index is 13.4. The Kier molecular flexibility index (Phi) is 5.63. The predicted octanol–water partition coefficient (Wildman–Crippen LogP) is 3.44. The third-order valence-corrected chi connectivity index (χ3v) is 2.98. The number of nitrogens with zero attached hydrogens (tertiary/aromatic N) is 1. The fraction of sp³-hybridized carbons (Fsp3) is 0.312. The summed E-state index contributed by atoms with van der Waals surface area (Å²) in [6.45, 7) is 3.56. The Morgan fingerprint density at radius 2 is 1.90 bits per heavy atom. The van der Waals surface area contributed by atoms with Crippen LogP contribution in [0.2, 0.25) is 0 Å². The van der Waals surface area contributed by atoms with Crippen molar-refractivity contribution >= 4 is 0 Å². The molecule has 0 aliphatic carbocycles. The van der Waals surface area contributed by atoms with E-state index in [1.54, 1.807) is 12.3 Å². The Morgan fingerprint density at radius 3 is 2.52 bits per heavy atom. The van der Waals surface area contributed by atoms with Crippen LogP contribution in [0.4, 0.5) is 8.78 Å². The van der Waals surface area contributed by atoms with Gasteiger partial charge in [0.1, 0.15) is 24.0 Å². The van der Waals surface area contributed by atoms with Crippen molar-refractivity contribution in [3.8, 4) is 5.75 Å². The second-order valence-electron chi connectivity index (χ2n) is 4.65. The van der Waals surface area contributed by atoms with Gasteiger partial charge in [-0.05, 0) is 37.2 Å². The van der Waals surface area contributed by atoms with Crippen LogP contribution < -0.4 is 10.1 Å². The lowest BCUT2D eigenvalue weighted by atomic mass is 10.2. The van der Waals surface area contributed by atoms with Gasteiger partial charge in [-0.3, -0.25) is 4.98 Å². The van der Waals surface area contributed by atoms with Crippen LogP contribution in [0.25, 0.3) is 0 Å². The minimum absolute atomic E-state index is 0.0776. The predicted molar refractivity (Wildman–Crippen MR) is 76.9 cm³/mol. The van der Waals surface area contributed by atoms with Gasteiger partial charge in [-0.1, -0.05) is 13.0 Å². The third kappa shape index (κ3) is 4.49. The number of aromatic nitrogens is 1. The van der Waals surface area contributed by atoms with Crippen molar-refractivity contribution in [2.75, 3.05) is 6.54 Å². The second-order valence-corrected chi connectivity index (χ2v) is 4.65. The summed E-state index contributed by atoms with van der Waals surface area (Å²) >= 11 is 0.